The van der Waals surface area contributed by atoms with E-state index in [0.29, 0.717) is 16.5 Å². The minimum Gasteiger partial charge on any atom is -0.345 e. The van der Waals surface area contributed by atoms with Gasteiger partial charge in [-0.25, -0.2) is 4.98 Å². The normalized spacial score (nSPS) is 12.0. The fourth-order valence-corrected chi connectivity index (χ4v) is 3.27. The van der Waals surface area contributed by atoms with Crippen LogP contribution in [0.15, 0.2) is 52.1 Å². The molecule has 0 spiro atoms. The van der Waals surface area contributed by atoms with Crippen molar-refractivity contribution in [2.24, 2.45) is 0 Å². The van der Waals surface area contributed by atoms with Crippen LogP contribution >= 0.6 is 11.6 Å². The first kappa shape index (κ1) is 21.5. The number of aromatic amines is 2. The van der Waals surface area contributed by atoms with E-state index in [1.807, 2.05) is 13.8 Å². The molecule has 0 unspecified atom stereocenters. The smallest absolute Gasteiger partial charge is 0.261 e. The minimum atomic E-state index is -0.507. The molecule has 1 aromatic carbocycles. The van der Waals surface area contributed by atoms with Crippen molar-refractivity contribution in [3.63, 3.8) is 0 Å². The van der Waals surface area contributed by atoms with Crippen LogP contribution in [0.5, 0.6) is 0 Å². The molecule has 7 nitrogen and oxygen atoms in total. The van der Waals surface area contributed by atoms with E-state index in [0.717, 1.165) is 11.3 Å². The number of aryl methyl sites for hydroxylation is 1. The maximum atomic E-state index is 12.9. The lowest BCUT2D eigenvalue weighted by Gasteiger charge is -2.19. The van der Waals surface area contributed by atoms with Gasteiger partial charge in [0.2, 0.25) is 0 Å². The molecular formula is C22H23ClN4O3. The van der Waals surface area contributed by atoms with E-state index in [1.54, 1.807) is 37.3 Å². The summed E-state index contributed by atoms with van der Waals surface area (Å²) in [6.45, 7) is 5.60. The second kappa shape index (κ2) is 9.09. The zero-order chi connectivity index (χ0) is 21.8. The molecule has 3 aromatic rings. The lowest BCUT2D eigenvalue weighted by Crippen LogP contribution is -2.34. The molecule has 8 heteroatoms. The first-order chi connectivity index (χ1) is 14.2. The van der Waals surface area contributed by atoms with Crippen molar-refractivity contribution in [3.05, 3.63) is 96.5 Å². The van der Waals surface area contributed by atoms with Gasteiger partial charge in [0.1, 0.15) is 11.4 Å². The third kappa shape index (κ3) is 5.24. The molecule has 30 heavy (non-hydrogen) atoms. The van der Waals surface area contributed by atoms with E-state index in [9.17, 15) is 14.4 Å². The summed E-state index contributed by atoms with van der Waals surface area (Å²) in [5.41, 5.74) is 1.38. The number of H-pyrrole nitrogens is 2. The van der Waals surface area contributed by atoms with Crippen LogP contribution in [0.25, 0.3) is 0 Å². The monoisotopic (exact) mass is 426 g/mol. The molecule has 156 valence electrons. The van der Waals surface area contributed by atoms with Crippen molar-refractivity contribution >= 4 is 17.5 Å². The fraction of sp³-hybridized carbons (Fsp3) is 0.273. The molecule has 0 radical (unpaired) electrons. The quantitative estimate of drug-likeness (QED) is 0.562. The molecule has 1 atom stereocenters. The number of aromatic nitrogens is 3. The highest BCUT2D eigenvalue weighted by molar-refractivity contribution is 6.30. The Kier molecular flexibility index (Phi) is 6.52. The molecular weight excluding hydrogens is 404 g/mol. The predicted octanol–water partition coefficient (Wildman–Crippen LogP) is 3.26. The number of benzene rings is 1. The van der Waals surface area contributed by atoms with Crippen molar-refractivity contribution in [1.29, 1.82) is 0 Å². The predicted molar refractivity (Wildman–Crippen MR) is 116 cm³/mol. The van der Waals surface area contributed by atoms with Crippen LogP contribution in [0.2, 0.25) is 5.02 Å². The van der Waals surface area contributed by atoms with E-state index < -0.39 is 17.5 Å². The third-order valence-electron chi connectivity index (χ3n) is 4.70. The van der Waals surface area contributed by atoms with Gasteiger partial charge in [0.15, 0.2) is 0 Å². The Labute approximate surface area is 178 Å². The lowest BCUT2D eigenvalue weighted by molar-refractivity contribution is 0.0934. The van der Waals surface area contributed by atoms with Gasteiger partial charge in [0, 0.05) is 23.2 Å². The maximum absolute atomic E-state index is 12.9. The van der Waals surface area contributed by atoms with Crippen molar-refractivity contribution in [1.82, 2.24) is 20.3 Å². The van der Waals surface area contributed by atoms with Gasteiger partial charge in [-0.2, -0.15) is 0 Å². The second-order valence-corrected chi connectivity index (χ2v) is 7.85. The minimum absolute atomic E-state index is 0.0217. The van der Waals surface area contributed by atoms with E-state index in [1.165, 1.54) is 12.1 Å². The number of nitrogens with zero attached hydrogens (tertiary/aromatic N) is 1. The average Bonchev–Trinajstić information content (AvgIpc) is 2.67. The van der Waals surface area contributed by atoms with Gasteiger partial charge in [-0.3, -0.25) is 14.4 Å². The highest BCUT2D eigenvalue weighted by Crippen LogP contribution is 2.20. The number of carbonyl (C=O) groups is 1. The number of hydrogen-bond donors (Lipinski definition) is 3. The maximum Gasteiger partial charge on any atom is 0.261 e. The van der Waals surface area contributed by atoms with E-state index in [-0.39, 0.29) is 23.5 Å². The SMILES string of the molecule is Cc1nc(C[C@@H](NC(=O)c2ccc(C(C)C)[nH]c2=O)c2ccc(Cl)cc2)cc(=O)[nH]1. The number of halogens is 1. The Hall–Kier alpha value is -3.19. The Bertz CT molecular complexity index is 1170. The number of hydrogen-bond acceptors (Lipinski definition) is 4. The summed E-state index contributed by atoms with van der Waals surface area (Å²) in [6.07, 6.45) is 0.278. The second-order valence-electron chi connectivity index (χ2n) is 7.42. The molecule has 1 amide bonds. The molecule has 2 heterocycles. The van der Waals surface area contributed by atoms with Crippen LogP contribution in [0, 0.1) is 6.92 Å². The number of rotatable bonds is 6. The average molecular weight is 427 g/mol. The number of pyridine rings is 1. The molecule has 0 aliphatic carbocycles. The molecule has 0 aliphatic rings. The number of nitrogens with one attached hydrogen (secondary N) is 3. The highest BCUT2D eigenvalue weighted by atomic mass is 35.5. The van der Waals surface area contributed by atoms with Crippen molar-refractivity contribution in [2.45, 2.75) is 39.2 Å². The standard InChI is InChI=1S/C22H23ClN4O3/c1-12(2)18-9-8-17(21(29)26-18)22(30)27-19(14-4-6-15(23)7-5-14)10-16-11-20(28)25-13(3)24-16/h4-9,11-12,19H,10H2,1-3H3,(H,26,29)(H,27,30)(H,24,25,28)/t19-/m1/s1. The van der Waals surface area contributed by atoms with E-state index >= 15 is 0 Å². The molecule has 3 N–H and O–H groups in total. The van der Waals surface area contributed by atoms with Gasteiger partial charge in [0.05, 0.1) is 11.7 Å². The van der Waals surface area contributed by atoms with E-state index in [2.05, 4.69) is 20.3 Å². The van der Waals surface area contributed by atoms with Gasteiger partial charge >= 0.3 is 0 Å². The highest BCUT2D eigenvalue weighted by Gasteiger charge is 2.20. The van der Waals surface area contributed by atoms with Crippen LogP contribution in [0.3, 0.4) is 0 Å². The summed E-state index contributed by atoms with van der Waals surface area (Å²) in [4.78, 5) is 46.8. The molecule has 3 rings (SSSR count). The van der Waals surface area contributed by atoms with Crippen molar-refractivity contribution < 1.29 is 4.79 Å². The summed E-state index contributed by atoms with van der Waals surface area (Å²) in [5, 5.41) is 3.46. The lowest BCUT2D eigenvalue weighted by atomic mass is 10.0. The summed E-state index contributed by atoms with van der Waals surface area (Å²) in [5.74, 6) is 0.120. The van der Waals surface area contributed by atoms with E-state index in [4.69, 9.17) is 11.6 Å². The molecule has 0 saturated carbocycles. The Morgan fingerprint density at radius 2 is 1.80 bits per heavy atom. The largest absolute Gasteiger partial charge is 0.345 e. The first-order valence-corrected chi connectivity index (χ1v) is 9.97. The molecule has 0 aliphatic heterocycles. The van der Waals surface area contributed by atoms with Crippen LogP contribution in [0.4, 0.5) is 0 Å². The molecule has 0 fully saturated rings. The Morgan fingerprint density at radius 1 is 1.10 bits per heavy atom. The van der Waals surface area contributed by atoms with Gasteiger partial charge in [-0.15, -0.1) is 0 Å². The fourth-order valence-electron chi connectivity index (χ4n) is 3.14. The topological polar surface area (TPSA) is 108 Å². The Balaban J connectivity index is 1.92. The summed E-state index contributed by atoms with van der Waals surface area (Å²) in [7, 11) is 0. The van der Waals surface area contributed by atoms with Gasteiger partial charge < -0.3 is 15.3 Å². The van der Waals surface area contributed by atoms with Crippen LogP contribution in [0.1, 0.15) is 58.9 Å². The number of amides is 1. The summed E-state index contributed by atoms with van der Waals surface area (Å²) in [6, 6.07) is 11.2. The van der Waals surface area contributed by atoms with Gasteiger partial charge in [-0.1, -0.05) is 37.6 Å². The van der Waals surface area contributed by atoms with Crippen LogP contribution < -0.4 is 16.4 Å². The Morgan fingerprint density at radius 3 is 2.40 bits per heavy atom. The van der Waals surface area contributed by atoms with Crippen LogP contribution in [-0.2, 0) is 6.42 Å². The van der Waals surface area contributed by atoms with Crippen molar-refractivity contribution in [2.75, 3.05) is 0 Å². The van der Waals surface area contributed by atoms with Gasteiger partial charge in [-0.05, 0) is 42.7 Å². The molecule has 0 saturated heterocycles. The molecule has 2 aromatic heterocycles. The summed E-state index contributed by atoms with van der Waals surface area (Å²) < 4.78 is 0. The summed E-state index contributed by atoms with van der Waals surface area (Å²) >= 11 is 5.99. The van der Waals surface area contributed by atoms with Crippen LogP contribution in [-0.4, -0.2) is 20.9 Å². The third-order valence-corrected chi connectivity index (χ3v) is 4.95. The van der Waals surface area contributed by atoms with Gasteiger partial charge in [0.25, 0.3) is 17.0 Å². The van der Waals surface area contributed by atoms with Crippen molar-refractivity contribution in [3.8, 4) is 0 Å². The number of carbonyl (C=O) groups excluding carboxylic acids is 1. The zero-order valence-electron chi connectivity index (χ0n) is 17.0. The zero-order valence-corrected chi connectivity index (χ0v) is 17.7. The molecule has 0 bridgehead atoms. The first-order valence-electron chi connectivity index (χ1n) is 9.59.